The number of carbonyl (C=O) groups excluding carboxylic acids is 1. The van der Waals surface area contributed by atoms with Gasteiger partial charge in [0.2, 0.25) is 0 Å². The van der Waals surface area contributed by atoms with Crippen molar-refractivity contribution < 1.29 is 4.79 Å². The highest BCUT2D eigenvalue weighted by atomic mass is 16.1. The molecule has 0 aliphatic rings. The Kier molecular flexibility index (Phi) is 6.19. The third-order valence-corrected chi connectivity index (χ3v) is 2.20. The van der Waals surface area contributed by atoms with Crippen LogP contribution >= 0.6 is 0 Å². The van der Waals surface area contributed by atoms with E-state index in [4.69, 9.17) is 0 Å². The quantitative estimate of drug-likeness (QED) is 0.577. The van der Waals surface area contributed by atoms with Crippen molar-refractivity contribution in [1.29, 1.82) is 0 Å². The monoisotopic (exact) mass is 156 g/mol. The fourth-order valence-electron chi connectivity index (χ4n) is 1.28. The number of hydrogen-bond acceptors (Lipinski definition) is 1. The molecule has 0 aliphatic carbocycles. The van der Waals surface area contributed by atoms with Crippen LogP contribution in [0, 0.1) is 5.92 Å². The van der Waals surface area contributed by atoms with E-state index in [-0.39, 0.29) is 0 Å². The minimum Gasteiger partial charge on any atom is -0.300 e. The highest BCUT2D eigenvalue weighted by molar-refractivity contribution is 5.78. The lowest BCUT2D eigenvalue weighted by Gasteiger charge is -2.09. The van der Waals surface area contributed by atoms with Gasteiger partial charge in [0.25, 0.3) is 0 Å². The average Bonchev–Trinajstić information content (AvgIpc) is 2.01. The molecule has 66 valence electrons. The highest BCUT2D eigenvalue weighted by Gasteiger charge is 2.08. The molecule has 0 spiro atoms. The zero-order valence-electron chi connectivity index (χ0n) is 8.02. The maximum atomic E-state index is 11.2. The predicted octanol–water partition coefficient (Wildman–Crippen LogP) is 3.18. The van der Waals surface area contributed by atoms with Crippen LogP contribution in [0.15, 0.2) is 0 Å². The van der Waals surface area contributed by atoms with Gasteiger partial charge in [0.05, 0.1) is 0 Å². The topological polar surface area (TPSA) is 17.1 Å². The lowest BCUT2D eigenvalue weighted by atomic mass is 9.95. The zero-order chi connectivity index (χ0) is 8.69. The molecule has 0 amide bonds. The first-order valence-electron chi connectivity index (χ1n) is 4.76. The summed E-state index contributed by atoms with van der Waals surface area (Å²) in [5.74, 6) is 1.08. The molecule has 11 heavy (non-hydrogen) atoms. The summed E-state index contributed by atoms with van der Waals surface area (Å²) in [5, 5.41) is 0. The molecular formula is C10H20O. The molecule has 0 aromatic rings. The molecule has 0 saturated carbocycles. The molecule has 1 nitrogen and oxygen atoms in total. The third kappa shape index (κ3) is 5.00. The number of Topliss-reactive ketones (excluding diaryl/α,β-unsaturated/α-hetero) is 1. The second-order valence-electron chi connectivity index (χ2n) is 3.18. The molecule has 0 atom stereocenters. The molecule has 0 unspecified atom stereocenters. The molecule has 0 rings (SSSR count). The van der Waals surface area contributed by atoms with Crippen LogP contribution < -0.4 is 0 Å². The van der Waals surface area contributed by atoms with E-state index < -0.39 is 0 Å². The lowest BCUT2D eigenvalue weighted by Crippen LogP contribution is -2.06. The SMILES string of the molecule is CCCC(=O)CC(CC)CC. The molecule has 0 N–H and O–H groups in total. The molecule has 0 aromatic heterocycles. The van der Waals surface area contributed by atoms with Crippen LogP contribution in [-0.4, -0.2) is 5.78 Å². The molecule has 0 bridgehead atoms. The summed E-state index contributed by atoms with van der Waals surface area (Å²) in [6.45, 7) is 6.38. The van der Waals surface area contributed by atoms with E-state index in [1.165, 1.54) is 0 Å². The van der Waals surface area contributed by atoms with Gasteiger partial charge < -0.3 is 0 Å². The van der Waals surface area contributed by atoms with Crippen molar-refractivity contribution >= 4 is 5.78 Å². The summed E-state index contributed by atoms with van der Waals surface area (Å²) in [6.07, 6.45) is 4.87. The van der Waals surface area contributed by atoms with Gasteiger partial charge in [-0.2, -0.15) is 0 Å². The van der Waals surface area contributed by atoms with Gasteiger partial charge in [-0.3, -0.25) is 4.79 Å². The number of carbonyl (C=O) groups is 1. The Morgan fingerprint density at radius 3 is 2.09 bits per heavy atom. The Morgan fingerprint density at radius 2 is 1.73 bits per heavy atom. The Morgan fingerprint density at radius 1 is 1.18 bits per heavy atom. The summed E-state index contributed by atoms with van der Waals surface area (Å²) in [4.78, 5) is 11.2. The van der Waals surface area contributed by atoms with Crippen molar-refractivity contribution in [3.63, 3.8) is 0 Å². The van der Waals surface area contributed by atoms with E-state index in [2.05, 4.69) is 20.8 Å². The largest absolute Gasteiger partial charge is 0.300 e. The van der Waals surface area contributed by atoms with Crippen LogP contribution in [0.2, 0.25) is 0 Å². The van der Waals surface area contributed by atoms with Crippen LogP contribution in [0.1, 0.15) is 52.9 Å². The molecule has 0 saturated heterocycles. The van der Waals surface area contributed by atoms with Gasteiger partial charge in [0, 0.05) is 12.8 Å². The molecular weight excluding hydrogens is 136 g/mol. The molecule has 0 radical (unpaired) electrons. The van der Waals surface area contributed by atoms with Gasteiger partial charge in [-0.15, -0.1) is 0 Å². The van der Waals surface area contributed by atoms with Crippen molar-refractivity contribution in [3.05, 3.63) is 0 Å². The second kappa shape index (κ2) is 6.38. The molecule has 0 fully saturated rings. The van der Waals surface area contributed by atoms with Crippen LogP contribution in [0.5, 0.6) is 0 Å². The maximum Gasteiger partial charge on any atom is 0.133 e. The summed E-state index contributed by atoms with van der Waals surface area (Å²) in [5.41, 5.74) is 0. The zero-order valence-corrected chi connectivity index (χ0v) is 8.02. The standard InChI is InChI=1S/C10H20O/c1-4-7-10(11)8-9(5-2)6-3/h9H,4-8H2,1-3H3. The Balaban J connectivity index is 3.54. The summed E-state index contributed by atoms with van der Waals surface area (Å²) in [7, 11) is 0. The van der Waals surface area contributed by atoms with Gasteiger partial charge in [-0.1, -0.05) is 33.6 Å². The lowest BCUT2D eigenvalue weighted by molar-refractivity contribution is -0.120. The van der Waals surface area contributed by atoms with Gasteiger partial charge in [-0.25, -0.2) is 0 Å². The van der Waals surface area contributed by atoms with Crippen molar-refractivity contribution in [2.45, 2.75) is 52.9 Å². The summed E-state index contributed by atoms with van der Waals surface area (Å²) >= 11 is 0. The van der Waals surface area contributed by atoms with E-state index in [1.807, 2.05) is 0 Å². The number of ketones is 1. The normalized spacial score (nSPS) is 10.5. The molecule has 0 heterocycles. The van der Waals surface area contributed by atoms with Gasteiger partial charge in [-0.05, 0) is 12.3 Å². The van der Waals surface area contributed by atoms with E-state index in [0.29, 0.717) is 11.7 Å². The second-order valence-corrected chi connectivity index (χ2v) is 3.18. The average molecular weight is 156 g/mol. The first-order valence-corrected chi connectivity index (χ1v) is 4.76. The van der Waals surface area contributed by atoms with E-state index in [0.717, 1.165) is 32.1 Å². The van der Waals surface area contributed by atoms with Crippen molar-refractivity contribution in [3.8, 4) is 0 Å². The Bertz CT molecular complexity index is 103. The van der Waals surface area contributed by atoms with Crippen molar-refractivity contribution in [2.75, 3.05) is 0 Å². The molecule has 1 heteroatoms. The first-order chi connectivity index (χ1) is 5.24. The Hall–Kier alpha value is -0.330. The molecule has 0 aromatic carbocycles. The van der Waals surface area contributed by atoms with Gasteiger partial charge >= 0.3 is 0 Å². The fraction of sp³-hybridized carbons (Fsp3) is 0.900. The minimum absolute atomic E-state index is 0.446. The smallest absolute Gasteiger partial charge is 0.133 e. The fourth-order valence-corrected chi connectivity index (χ4v) is 1.28. The maximum absolute atomic E-state index is 11.2. The van der Waals surface area contributed by atoms with Crippen LogP contribution in [0.4, 0.5) is 0 Å². The highest BCUT2D eigenvalue weighted by Crippen LogP contribution is 2.13. The minimum atomic E-state index is 0.446. The molecule has 0 aliphatic heterocycles. The van der Waals surface area contributed by atoms with Crippen molar-refractivity contribution in [2.24, 2.45) is 5.92 Å². The van der Waals surface area contributed by atoms with Gasteiger partial charge in [0.1, 0.15) is 5.78 Å². The van der Waals surface area contributed by atoms with Crippen LogP contribution in [0.25, 0.3) is 0 Å². The van der Waals surface area contributed by atoms with Crippen molar-refractivity contribution in [1.82, 2.24) is 0 Å². The van der Waals surface area contributed by atoms with E-state index in [1.54, 1.807) is 0 Å². The third-order valence-electron chi connectivity index (χ3n) is 2.20. The van der Waals surface area contributed by atoms with Gasteiger partial charge in [0.15, 0.2) is 0 Å². The number of hydrogen-bond donors (Lipinski definition) is 0. The summed E-state index contributed by atoms with van der Waals surface area (Å²) < 4.78 is 0. The predicted molar refractivity (Wildman–Crippen MR) is 48.6 cm³/mol. The van der Waals surface area contributed by atoms with Crippen LogP contribution in [0.3, 0.4) is 0 Å². The van der Waals surface area contributed by atoms with E-state index in [9.17, 15) is 4.79 Å². The number of rotatable bonds is 6. The van der Waals surface area contributed by atoms with E-state index >= 15 is 0 Å². The van der Waals surface area contributed by atoms with Crippen LogP contribution in [-0.2, 0) is 4.79 Å². The Labute approximate surface area is 70.2 Å². The first kappa shape index (κ1) is 10.7. The summed E-state index contributed by atoms with van der Waals surface area (Å²) in [6, 6.07) is 0.